The Balaban J connectivity index is 1.40. The van der Waals surface area contributed by atoms with Crippen molar-refractivity contribution in [1.82, 2.24) is 4.90 Å². The molecule has 2 aliphatic rings. The Kier molecular flexibility index (Phi) is 7.91. The summed E-state index contributed by atoms with van der Waals surface area (Å²) >= 11 is 6.12. The molecule has 222 valence electrons. The number of halogens is 1. The van der Waals surface area contributed by atoms with Gasteiger partial charge < -0.3 is 24.4 Å². The first-order chi connectivity index (χ1) is 21.3. The normalized spacial score (nSPS) is 13.8. The predicted molar refractivity (Wildman–Crippen MR) is 162 cm³/mol. The highest BCUT2D eigenvalue weighted by atomic mass is 35.5. The van der Waals surface area contributed by atoms with Gasteiger partial charge in [0.05, 0.1) is 18.4 Å². The highest BCUT2D eigenvalue weighted by Crippen LogP contribution is 2.37. The topological polar surface area (TPSA) is 114 Å². The summed E-state index contributed by atoms with van der Waals surface area (Å²) < 4.78 is 16.3. The van der Waals surface area contributed by atoms with E-state index in [1.807, 2.05) is 0 Å². The van der Waals surface area contributed by atoms with Gasteiger partial charge in [0, 0.05) is 17.3 Å². The molecule has 1 unspecified atom stereocenters. The van der Waals surface area contributed by atoms with Crippen molar-refractivity contribution in [2.75, 3.05) is 30.7 Å². The second-order valence-corrected chi connectivity index (χ2v) is 10.6. The molecule has 10 nitrogen and oxygen atoms in total. The van der Waals surface area contributed by atoms with Crippen LogP contribution >= 0.6 is 11.6 Å². The van der Waals surface area contributed by atoms with Crippen LogP contribution in [0, 0.1) is 0 Å². The lowest BCUT2D eigenvalue weighted by Gasteiger charge is -2.33. The summed E-state index contributed by atoms with van der Waals surface area (Å²) in [6, 6.07) is 24.0. The van der Waals surface area contributed by atoms with Crippen LogP contribution in [0.25, 0.3) is 0 Å². The number of ketones is 1. The van der Waals surface area contributed by atoms with Crippen LogP contribution in [0.15, 0.2) is 91.0 Å². The van der Waals surface area contributed by atoms with Gasteiger partial charge in [-0.15, -0.1) is 0 Å². The van der Waals surface area contributed by atoms with Crippen molar-refractivity contribution < 1.29 is 33.4 Å². The Morgan fingerprint density at radius 2 is 1.68 bits per heavy atom. The number of ether oxygens (including phenoxy) is 3. The summed E-state index contributed by atoms with van der Waals surface area (Å²) in [7, 11) is 1.54. The van der Waals surface area contributed by atoms with Crippen LogP contribution in [0.4, 0.5) is 11.4 Å². The van der Waals surface area contributed by atoms with Crippen LogP contribution in [0.1, 0.15) is 27.5 Å². The Labute approximate surface area is 257 Å². The number of rotatable bonds is 9. The number of nitrogens with zero attached hydrogens (tertiary/aromatic N) is 2. The number of fused-ring (bicyclic) bond motifs is 2. The van der Waals surface area contributed by atoms with Gasteiger partial charge in [0.25, 0.3) is 17.6 Å². The van der Waals surface area contributed by atoms with Gasteiger partial charge >= 0.3 is 0 Å². The van der Waals surface area contributed by atoms with Crippen LogP contribution in [-0.2, 0) is 20.9 Å². The van der Waals surface area contributed by atoms with Crippen molar-refractivity contribution in [1.29, 1.82) is 0 Å². The Hall–Kier alpha value is -5.35. The van der Waals surface area contributed by atoms with Crippen LogP contribution < -0.4 is 24.4 Å². The van der Waals surface area contributed by atoms with E-state index in [1.54, 1.807) is 98.1 Å². The minimum atomic E-state index is -1.18. The average Bonchev–Trinajstić information content (AvgIpc) is 3.60. The highest BCUT2D eigenvalue weighted by molar-refractivity contribution is 6.52. The van der Waals surface area contributed by atoms with Crippen LogP contribution in [0.3, 0.4) is 0 Å². The molecule has 0 saturated heterocycles. The molecular weight excluding hydrogens is 586 g/mol. The summed E-state index contributed by atoms with van der Waals surface area (Å²) in [5.41, 5.74) is 2.18. The first-order valence-electron chi connectivity index (χ1n) is 13.7. The van der Waals surface area contributed by atoms with Gasteiger partial charge in [-0.2, -0.15) is 0 Å². The molecule has 6 rings (SSSR count). The molecule has 4 aromatic rings. The summed E-state index contributed by atoms with van der Waals surface area (Å²) in [5, 5.41) is 3.41. The van der Waals surface area contributed by atoms with E-state index in [2.05, 4.69) is 5.32 Å². The van der Waals surface area contributed by atoms with Crippen molar-refractivity contribution in [2.24, 2.45) is 0 Å². The quantitative estimate of drug-likeness (QED) is 0.265. The fourth-order valence-corrected chi connectivity index (χ4v) is 5.31. The number of hydrogen-bond acceptors (Lipinski definition) is 7. The summed E-state index contributed by atoms with van der Waals surface area (Å²) in [4.78, 5) is 56.6. The SMILES string of the molecule is COc1ccc(NC(=O)C(c2ccc3c(c2)OCO3)N(Cc2ccc(Cl)cc2)C(=O)CN2C(=O)C(=O)c3ccccc32)cc1. The van der Waals surface area contributed by atoms with E-state index in [-0.39, 0.29) is 18.9 Å². The Bertz CT molecular complexity index is 1760. The van der Waals surface area contributed by atoms with Gasteiger partial charge in [0.2, 0.25) is 12.7 Å². The van der Waals surface area contributed by atoms with Crippen molar-refractivity contribution >= 4 is 46.5 Å². The maximum Gasteiger partial charge on any atom is 0.299 e. The number of para-hydroxylation sites is 1. The van der Waals surface area contributed by atoms with Gasteiger partial charge in [-0.25, -0.2) is 0 Å². The molecule has 3 amide bonds. The minimum Gasteiger partial charge on any atom is -0.497 e. The maximum atomic E-state index is 14.3. The van der Waals surface area contributed by atoms with Crippen LogP contribution in [0.2, 0.25) is 5.02 Å². The lowest BCUT2D eigenvalue weighted by molar-refractivity contribution is -0.139. The minimum absolute atomic E-state index is 0.0111. The number of benzene rings is 4. The zero-order valence-corrected chi connectivity index (χ0v) is 24.2. The van der Waals surface area contributed by atoms with Crippen molar-refractivity contribution in [3.63, 3.8) is 0 Å². The number of carbonyl (C=O) groups excluding carboxylic acids is 4. The number of nitrogens with one attached hydrogen (secondary N) is 1. The molecule has 4 aromatic carbocycles. The van der Waals surface area contributed by atoms with E-state index in [9.17, 15) is 19.2 Å². The molecule has 1 N–H and O–H groups in total. The monoisotopic (exact) mass is 611 g/mol. The number of Topliss-reactive ketones (excluding diaryl/α,β-unsaturated/α-hetero) is 1. The van der Waals surface area contributed by atoms with E-state index in [1.165, 1.54) is 4.90 Å². The lowest BCUT2D eigenvalue weighted by atomic mass is 10.0. The van der Waals surface area contributed by atoms with E-state index >= 15 is 0 Å². The highest BCUT2D eigenvalue weighted by Gasteiger charge is 2.39. The summed E-state index contributed by atoms with van der Waals surface area (Å²) in [6.07, 6.45) is 0. The lowest BCUT2D eigenvalue weighted by Crippen LogP contribution is -2.46. The van der Waals surface area contributed by atoms with E-state index in [4.69, 9.17) is 25.8 Å². The zero-order valence-electron chi connectivity index (χ0n) is 23.5. The fourth-order valence-electron chi connectivity index (χ4n) is 5.18. The van der Waals surface area contributed by atoms with Gasteiger partial charge in [-0.1, -0.05) is 41.9 Å². The third-order valence-electron chi connectivity index (χ3n) is 7.39. The third-order valence-corrected chi connectivity index (χ3v) is 7.64. The largest absolute Gasteiger partial charge is 0.497 e. The summed E-state index contributed by atoms with van der Waals surface area (Å²) in [6.45, 7) is -0.450. The van der Waals surface area contributed by atoms with E-state index in [0.717, 1.165) is 4.90 Å². The third kappa shape index (κ3) is 5.67. The maximum absolute atomic E-state index is 14.3. The number of hydrogen-bond donors (Lipinski definition) is 1. The van der Waals surface area contributed by atoms with E-state index in [0.29, 0.717) is 44.8 Å². The van der Waals surface area contributed by atoms with E-state index < -0.39 is 36.1 Å². The summed E-state index contributed by atoms with van der Waals surface area (Å²) in [5.74, 6) is -1.03. The smallest absolute Gasteiger partial charge is 0.299 e. The number of anilines is 2. The number of amides is 3. The molecule has 11 heteroatoms. The van der Waals surface area contributed by atoms with Crippen LogP contribution in [-0.4, -0.2) is 48.9 Å². The van der Waals surface area contributed by atoms with Crippen molar-refractivity contribution in [2.45, 2.75) is 12.6 Å². The van der Waals surface area contributed by atoms with Gasteiger partial charge in [0.1, 0.15) is 18.3 Å². The second kappa shape index (κ2) is 12.1. The second-order valence-electron chi connectivity index (χ2n) is 10.1. The molecule has 0 aromatic heterocycles. The van der Waals surface area contributed by atoms with Gasteiger partial charge in [0.15, 0.2) is 11.5 Å². The molecule has 0 fully saturated rings. The van der Waals surface area contributed by atoms with Crippen LogP contribution in [0.5, 0.6) is 17.2 Å². The van der Waals surface area contributed by atoms with Crippen molar-refractivity contribution in [3.05, 3.63) is 113 Å². The molecule has 0 bridgehead atoms. The average molecular weight is 612 g/mol. The molecular formula is C33H26ClN3O7. The Morgan fingerprint density at radius 1 is 0.955 bits per heavy atom. The number of methoxy groups -OCH3 is 1. The first-order valence-corrected chi connectivity index (χ1v) is 14.0. The first kappa shape index (κ1) is 28.8. The molecule has 44 heavy (non-hydrogen) atoms. The standard InChI is InChI=1S/C33H26ClN3O7/c1-42-24-13-11-23(12-14-24)35-32(40)30(21-8-15-27-28(16-21)44-19-43-27)37(17-20-6-9-22(34)10-7-20)29(38)18-36-26-5-3-2-4-25(26)31(39)33(36)41/h2-16,30H,17-19H2,1H3,(H,35,40). The molecule has 0 spiro atoms. The molecule has 2 heterocycles. The van der Waals surface area contributed by atoms with Crippen molar-refractivity contribution in [3.8, 4) is 17.2 Å². The predicted octanol–water partition coefficient (Wildman–Crippen LogP) is 5.02. The molecule has 0 aliphatic carbocycles. The van der Waals surface area contributed by atoms with Gasteiger partial charge in [-0.3, -0.25) is 24.1 Å². The molecule has 1 atom stereocenters. The number of carbonyl (C=O) groups is 4. The fraction of sp³-hybridized carbons (Fsp3) is 0.152. The zero-order chi connectivity index (χ0) is 30.8. The molecule has 2 aliphatic heterocycles. The van der Waals surface area contributed by atoms with Gasteiger partial charge in [-0.05, 0) is 71.8 Å². The Morgan fingerprint density at radius 3 is 2.43 bits per heavy atom. The molecule has 0 radical (unpaired) electrons. The molecule has 0 saturated carbocycles.